The molecule has 84 valence electrons. The zero-order valence-corrected chi connectivity index (χ0v) is 9.52. The van der Waals surface area contributed by atoms with Gasteiger partial charge in [-0.2, -0.15) is 0 Å². The molecule has 0 saturated heterocycles. The van der Waals surface area contributed by atoms with Crippen molar-refractivity contribution in [1.82, 2.24) is 0 Å². The average molecular weight is 239 g/mol. The van der Waals surface area contributed by atoms with Gasteiger partial charge in [0.2, 0.25) is 0 Å². The molecule has 2 N–H and O–H groups in total. The van der Waals surface area contributed by atoms with Gasteiger partial charge in [0.25, 0.3) is 0 Å². The van der Waals surface area contributed by atoms with E-state index < -0.39 is 11.6 Å². The number of halogens is 2. The largest absolute Gasteiger partial charge is 0.324 e. The summed E-state index contributed by atoms with van der Waals surface area (Å²) in [7, 11) is 0. The molecule has 0 spiro atoms. The van der Waals surface area contributed by atoms with Crippen LogP contribution in [-0.2, 0) is 0 Å². The molecular weight excluding hydrogens is 228 g/mol. The Hall–Kier alpha value is -1.26. The summed E-state index contributed by atoms with van der Waals surface area (Å²) in [6, 6.07) is 7.16. The second-order valence-corrected chi connectivity index (χ2v) is 4.76. The third-order valence-corrected chi connectivity index (χ3v) is 3.56. The van der Waals surface area contributed by atoms with Gasteiger partial charge in [0, 0.05) is 21.9 Å². The highest BCUT2D eigenvalue weighted by Gasteiger charge is 2.08. The van der Waals surface area contributed by atoms with Crippen molar-refractivity contribution >= 4 is 11.3 Å². The molecule has 16 heavy (non-hydrogen) atoms. The molecule has 1 unspecified atom stereocenters. The van der Waals surface area contributed by atoms with E-state index in [9.17, 15) is 8.78 Å². The molecule has 4 heteroatoms. The van der Waals surface area contributed by atoms with E-state index in [0.717, 1.165) is 15.8 Å². The molecule has 0 saturated carbocycles. The Morgan fingerprint density at radius 1 is 1.12 bits per heavy atom. The van der Waals surface area contributed by atoms with Crippen molar-refractivity contribution in [3.63, 3.8) is 0 Å². The molecule has 0 aliphatic carbocycles. The lowest BCUT2D eigenvalue weighted by molar-refractivity contribution is 0.584. The van der Waals surface area contributed by atoms with Crippen molar-refractivity contribution in [2.75, 3.05) is 0 Å². The van der Waals surface area contributed by atoms with Crippen LogP contribution in [-0.4, -0.2) is 0 Å². The zero-order valence-electron chi connectivity index (χ0n) is 8.71. The van der Waals surface area contributed by atoms with Crippen LogP contribution in [0.4, 0.5) is 8.78 Å². The molecule has 1 nitrogen and oxygen atoms in total. The van der Waals surface area contributed by atoms with E-state index in [0.29, 0.717) is 5.56 Å². The minimum Gasteiger partial charge on any atom is -0.324 e. The molecule has 1 aromatic heterocycles. The van der Waals surface area contributed by atoms with Gasteiger partial charge >= 0.3 is 0 Å². The Bertz CT molecular complexity index is 485. The molecule has 1 atom stereocenters. The molecular formula is C12H11F2NS. The molecule has 0 aliphatic rings. The summed E-state index contributed by atoms with van der Waals surface area (Å²) < 4.78 is 26.0. The van der Waals surface area contributed by atoms with E-state index in [-0.39, 0.29) is 6.04 Å². The van der Waals surface area contributed by atoms with Crippen LogP contribution >= 0.6 is 11.3 Å². The summed E-state index contributed by atoms with van der Waals surface area (Å²) in [5, 5.41) is 0. The van der Waals surface area contributed by atoms with Crippen molar-refractivity contribution < 1.29 is 8.78 Å². The van der Waals surface area contributed by atoms with Crippen LogP contribution in [0, 0.1) is 11.6 Å². The number of thiophene rings is 1. The lowest BCUT2D eigenvalue weighted by Gasteiger charge is -2.00. The van der Waals surface area contributed by atoms with Crippen molar-refractivity contribution in [2.45, 2.75) is 13.0 Å². The van der Waals surface area contributed by atoms with Crippen LogP contribution < -0.4 is 5.73 Å². The first-order valence-corrected chi connectivity index (χ1v) is 5.69. The maximum atomic E-state index is 13.0. The molecule has 0 bridgehead atoms. The number of hydrogen-bond acceptors (Lipinski definition) is 2. The van der Waals surface area contributed by atoms with Gasteiger partial charge in [-0.15, -0.1) is 11.3 Å². The fourth-order valence-corrected chi connectivity index (χ4v) is 2.40. The van der Waals surface area contributed by atoms with E-state index in [4.69, 9.17) is 5.73 Å². The molecule has 0 aliphatic heterocycles. The lowest BCUT2D eigenvalue weighted by atomic mass is 10.2. The van der Waals surface area contributed by atoms with Crippen LogP contribution in [0.25, 0.3) is 10.4 Å². The molecule has 2 aromatic rings. The number of benzene rings is 1. The summed E-state index contributed by atoms with van der Waals surface area (Å²) in [6.07, 6.45) is 0. The first-order chi connectivity index (χ1) is 7.56. The van der Waals surface area contributed by atoms with E-state index in [1.54, 1.807) is 0 Å². The average Bonchev–Trinajstić information content (AvgIpc) is 2.64. The molecule has 0 fully saturated rings. The van der Waals surface area contributed by atoms with Gasteiger partial charge in [-0.25, -0.2) is 8.78 Å². The Morgan fingerprint density at radius 3 is 2.25 bits per heavy atom. The normalized spacial score (nSPS) is 12.8. The summed E-state index contributed by atoms with van der Waals surface area (Å²) in [5.41, 5.74) is 6.28. The van der Waals surface area contributed by atoms with Crippen molar-refractivity contribution in [1.29, 1.82) is 0 Å². The third-order valence-electron chi connectivity index (χ3n) is 2.22. The van der Waals surface area contributed by atoms with Gasteiger partial charge in [-0.1, -0.05) is 0 Å². The monoisotopic (exact) mass is 239 g/mol. The smallest absolute Gasteiger partial charge is 0.126 e. The molecule has 2 rings (SSSR count). The van der Waals surface area contributed by atoms with Crippen LogP contribution in [0.5, 0.6) is 0 Å². The highest BCUT2D eigenvalue weighted by molar-refractivity contribution is 7.15. The molecule has 0 radical (unpaired) electrons. The maximum absolute atomic E-state index is 13.0. The summed E-state index contributed by atoms with van der Waals surface area (Å²) in [6.45, 7) is 1.88. The first-order valence-electron chi connectivity index (χ1n) is 4.88. The number of rotatable bonds is 2. The van der Waals surface area contributed by atoms with Crippen LogP contribution in [0.2, 0.25) is 0 Å². The lowest BCUT2D eigenvalue weighted by Crippen LogP contribution is -2.01. The minimum absolute atomic E-state index is 0.0582. The van der Waals surface area contributed by atoms with Gasteiger partial charge in [-0.05, 0) is 36.8 Å². The standard InChI is InChI=1S/C12H11F2NS/c1-7(15)11-2-3-12(16-11)8-4-9(13)6-10(14)5-8/h2-7H,15H2,1H3. The summed E-state index contributed by atoms with van der Waals surface area (Å²) >= 11 is 1.45. The fourth-order valence-electron chi connectivity index (χ4n) is 1.45. The predicted molar refractivity (Wildman–Crippen MR) is 62.3 cm³/mol. The molecule has 0 amide bonds. The predicted octanol–water partition coefficient (Wildman–Crippen LogP) is 3.71. The van der Waals surface area contributed by atoms with Crippen molar-refractivity contribution in [3.8, 4) is 10.4 Å². The fraction of sp³-hybridized carbons (Fsp3) is 0.167. The summed E-state index contributed by atoms with van der Waals surface area (Å²) in [5.74, 6) is -1.13. The van der Waals surface area contributed by atoms with Crippen LogP contribution in [0.1, 0.15) is 17.8 Å². The second-order valence-electron chi connectivity index (χ2n) is 3.65. The Kier molecular flexibility index (Phi) is 3.03. The van der Waals surface area contributed by atoms with Crippen LogP contribution in [0.3, 0.4) is 0 Å². The maximum Gasteiger partial charge on any atom is 0.126 e. The Balaban J connectivity index is 2.42. The SMILES string of the molecule is CC(N)c1ccc(-c2cc(F)cc(F)c2)s1. The Labute approximate surface area is 96.5 Å². The highest BCUT2D eigenvalue weighted by atomic mass is 32.1. The summed E-state index contributed by atoms with van der Waals surface area (Å²) in [4.78, 5) is 1.82. The van der Waals surface area contributed by atoms with Gasteiger partial charge in [0.1, 0.15) is 11.6 Å². The van der Waals surface area contributed by atoms with Gasteiger partial charge in [-0.3, -0.25) is 0 Å². The Morgan fingerprint density at radius 2 is 1.75 bits per heavy atom. The van der Waals surface area contributed by atoms with E-state index >= 15 is 0 Å². The zero-order chi connectivity index (χ0) is 11.7. The second kappa shape index (κ2) is 4.31. The third kappa shape index (κ3) is 2.28. The van der Waals surface area contributed by atoms with Crippen molar-refractivity contribution in [2.24, 2.45) is 5.73 Å². The number of nitrogens with two attached hydrogens (primary N) is 1. The van der Waals surface area contributed by atoms with Gasteiger partial charge < -0.3 is 5.73 Å². The van der Waals surface area contributed by atoms with E-state index in [2.05, 4.69) is 0 Å². The van der Waals surface area contributed by atoms with Gasteiger partial charge in [0.05, 0.1) is 0 Å². The minimum atomic E-state index is -0.564. The van der Waals surface area contributed by atoms with Crippen molar-refractivity contribution in [3.05, 3.63) is 46.8 Å². The number of hydrogen-bond donors (Lipinski definition) is 1. The van der Waals surface area contributed by atoms with E-state index in [1.807, 2.05) is 19.1 Å². The van der Waals surface area contributed by atoms with Crippen LogP contribution in [0.15, 0.2) is 30.3 Å². The molecule has 1 heterocycles. The highest BCUT2D eigenvalue weighted by Crippen LogP contribution is 2.31. The van der Waals surface area contributed by atoms with Gasteiger partial charge in [0.15, 0.2) is 0 Å². The molecule has 1 aromatic carbocycles. The van der Waals surface area contributed by atoms with E-state index in [1.165, 1.54) is 23.5 Å². The first kappa shape index (κ1) is 11.2. The quantitative estimate of drug-likeness (QED) is 0.849. The topological polar surface area (TPSA) is 26.0 Å².